The van der Waals surface area contributed by atoms with Gasteiger partial charge in [0.15, 0.2) is 9.04 Å². The van der Waals surface area contributed by atoms with Crippen molar-refractivity contribution in [2.45, 2.75) is 12.1 Å². The van der Waals surface area contributed by atoms with Gasteiger partial charge in [0.05, 0.1) is 0 Å². The van der Waals surface area contributed by atoms with Gasteiger partial charge in [0.25, 0.3) is 0 Å². The zero-order valence-corrected chi connectivity index (χ0v) is 13.6. The van der Waals surface area contributed by atoms with Crippen molar-refractivity contribution < 1.29 is 17.4 Å². The summed E-state index contributed by atoms with van der Waals surface area (Å²) in [4.78, 5) is 0. The molecule has 0 radical (unpaired) electrons. The molecule has 0 aliphatic carbocycles. The standard InChI is InChI=1S/C7H20O4Si3/c1-5-13(11-12)6-7-14(8-2,9-3)10-4/h5,13H,1,6-7H2,2-4,12H3. The lowest BCUT2D eigenvalue weighted by molar-refractivity contribution is 0.125. The van der Waals surface area contributed by atoms with E-state index in [-0.39, 0.29) is 0 Å². The van der Waals surface area contributed by atoms with Crippen LogP contribution in [0.3, 0.4) is 0 Å². The zero-order chi connectivity index (χ0) is 11.0. The molecule has 0 aliphatic rings. The van der Waals surface area contributed by atoms with Crippen molar-refractivity contribution in [1.29, 1.82) is 0 Å². The second-order valence-electron chi connectivity index (χ2n) is 2.84. The molecule has 0 spiro atoms. The van der Waals surface area contributed by atoms with Crippen molar-refractivity contribution in [2.75, 3.05) is 21.3 Å². The van der Waals surface area contributed by atoms with E-state index in [1.54, 1.807) is 21.3 Å². The molecular weight excluding hydrogens is 232 g/mol. The molecule has 0 rings (SSSR count). The number of hydrogen-bond acceptors (Lipinski definition) is 4. The maximum Gasteiger partial charge on any atom is 0.499 e. The van der Waals surface area contributed by atoms with Gasteiger partial charge in [-0.05, 0) is 6.04 Å². The molecule has 14 heavy (non-hydrogen) atoms. The summed E-state index contributed by atoms with van der Waals surface area (Å²) in [5.41, 5.74) is 1.94. The Morgan fingerprint density at radius 1 is 1.29 bits per heavy atom. The Balaban J connectivity index is 4.10. The summed E-state index contributed by atoms with van der Waals surface area (Å²) in [7, 11) is 2.06. The van der Waals surface area contributed by atoms with Crippen LogP contribution < -0.4 is 0 Å². The lowest BCUT2D eigenvalue weighted by atomic mass is 10.9. The van der Waals surface area contributed by atoms with Gasteiger partial charge in [-0.15, -0.1) is 6.58 Å². The summed E-state index contributed by atoms with van der Waals surface area (Å²) in [5, 5.41) is 0. The smallest absolute Gasteiger partial charge is 0.463 e. The molecule has 0 aromatic heterocycles. The topological polar surface area (TPSA) is 36.9 Å². The van der Waals surface area contributed by atoms with Crippen LogP contribution in [0.15, 0.2) is 12.3 Å². The Morgan fingerprint density at radius 3 is 2.07 bits per heavy atom. The molecule has 0 aromatic carbocycles. The van der Waals surface area contributed by atoms with Crippen LogP contribution in [0.4, 0.5) is 0 Å². The quantitative estimate of drug-likeness (QED) is 0.552. The molecule has 0 heterocycles. The van der Waals surface area contributed by atoms with E-state index in [9.17, 15) is 0 Å². The van der Waals surface area contributed by atoms with Crippen LogP contribution >= 0.6 is 0 Å². The minimum atomic E-state index is -2.39. The second kappa shape index (κ2) is 7.51. The molecule has 1 atom stereocenters. The first-order valence-corrected chi connectivity index (χ1v) is 9.19. The Morgan fingerprint density at radius 2 is 1.79 bits per heavy atom. The van der Waals surface area contributed by atoms with Crippen LogP contribution in [0.2, 0.25) is 12.1 Å². The van der Waals surface area contributed by atoms with Gasteiger partial charge >= 0.3 is 8.80 Å². The minimum Gasteiger partial charge on any atom is -0.463 e. The van der Waals surface area contributed by atoms with Crippen molar-refractivity contribution in [3.8, 4) is 0 Å². The highest BCUT2D eigenvalue weighted by Crippen LogP contribution is 2.17. The Kier molecular flexibility index (Phi) is 7.64. The van der Waals surface area contributed by atoms with Crippen molar-refractivity contribution in [2.24, 2.45) is 0 Å². The fraction of sp³-hybridized carbons (Fsp3) is 0.714. The number of hydrogen-bond donors (Lipinski definition) is 0. The van der Waals surface area contributed by atoms with Crippen LogP contribution in [0.1, 0.15) is 0 Å². The third kappa shape index (κ3) is 4.17. The first-order chi connectivity index (χ1) is 6.67. The van der Waals surface area contributed by atoms with E-state index in [1.807, 2.05) is 5.70 Å². The first-order valence-electron chi connectivity index (χ1n) is 4.48. The third-order valence-corrected chi connectivity index (χ3v) is 9.38. The van der Waals surface area contributed by atoms with Gasteiger partial charge in [-0.1, -0.05) is 5.70 Å². The highest BCUT2D eigenvalue weighted by atomic mass is 28.4. The Hall–Kier alpha value is 0.231. The largest absolute Gasteiger partial charge is 0.499 e. The van der Waals surface area contributed by atoms with Crippen molar-refractivity contribution >= 4 is 28.3 Å². The fourth-order valence-corrected chi connectivity index (χ4v) is 6.82. The molecule has 0 saturated carbocycles. The maximum absolute atomic E-state index is 5.44. The number of rotatable bonds is 8. The van der Waals surface area contributed by atoms with E-state index in [2.05, 4.69) is 6.58 Å². The van der Waals surface area contributed by atoms with Crippen LogP contribution in [0.25, 0.3) is 0 Å². The van der Waals surface area contributed by atoms with Gasteiger partial charge in [0.2, 0.25) is 0 Å². The van der Waals surface area contributed by atoms with Crippen molar-refractivity contribution in [3.05, 3.63) is 12.3 Å². The van der Waals surface area contributed by atoms with Gasteiger partial charge < -0.3 is 17.4 Å². The van der Waals surface area contributed by atoms with Gasteiger partial charge in [0, 0.05) is 27.4 Å². The molecule has 0 bridgehead atoms. The summed E-state index contributed by atoms with van der Waals surface area (Å²) < 4.78 is 21.4. The van der Waals surface area contributed by atoms with Gasteiger partial charge in [0.1, 0.15) is 10.5 Å². The van der Waals surface area contributed by atoms with E-state index in [1.165, 1.54) is 0 Å². The molecule has 0 aliphatic heterocycles. The monoisotopic (exact) mass is 252 g/mol. The van der Waals surface area contributed by atoms with Gasteiger partial charge in [-0.2, -0.15) is 0 Å². The van der Waals surface area contributed by atoms with E-state index in [0.29, 0.717) is 0 Å². The van der Waals surface area contributed by atoms with Gasteiger partial charge in [-0.25, -0.2) is 0 Å². The lowest BCUT2D eigenvalue weighted by Crippen LogP contribution is -2.43. The van der Waals surface area contributed by atoms with Crippen LogP contribution in [-0.2, 0) is 17.4 Å². The van der Waals surface area contributed by atoms with Crippen LogP contribution in [0, 0.1) is 0 Å². The Labute approximate surface area is 91.8 Å². The SMILES string of the molecule is C=C[SiH](CC[Si](OC)(OC)OC)O[SiH3]. The summed E-state index contributed by atoms with van der Waals surface area (Å²) >= 11 is 0. The molecule has 0 amide bonds. The maximum atomic E-state index is 5.44. The van der Waals surface area contributed by atoms with E-state index in [0.717, 1.165) is 22.6 Å². The fourth-order valence-electron chi connectivity index (χ4n) is 1.21. The highest BCUT2D eigenvalue weighted by Gasteiger charge is 2.37. The normalized spacial score (nSPS) is 14.2. The summed E-state index contributed by atoms with van der Waals surface area (Å²) in [5.74, 6) is 0. The molecular formula is C7H20O4Si3. The molecule has 0 fully saturated rings. The van der Waals surface area contributed by atoms with Crippen molar-refractivity contribution in [3.63, 3.8) is 0 Å². The highest BCUT2D eigenvalue weighted by molar-refractivity contribution is 6.66. The van der Waals surface area contributed by atoms with Gasteiger partial charge in [-0.3, -0.25) is 0 Å². The summed E-state index contributed by atoms with van der Waals surface area (Å²) in [6.07, 6.45) is 0. The average Bonchev–Trinajstić information content (AvgIpc) is 2.26. The Bertz CT molecular complexity index is 155. The lowest BCUT2D eigenvalue weighted by Gasteiger charge is -2.25. The van der Waals surface area contributed by atoms with E-state index in [4.69, 9.17) is 17.4 Å². The summed E-state index contributed by atoms with van der Waals surface area (Å²) in [6.45, 7) is 3.76. The van der Waals surface area contributed by atoms with Crippen LogP contribution in [-0.4, -0.2) is 49.7 Å². The molecule has 84 valence electrons. The average molecular weight is 252 g/mol. The molecule has 0 aromatic rings. The molecule has 0 saturated heterocycles. The third-order valence-electron chi connectivity index (χ3n) is 2.23. The predicted molar refractivity (Wildman–Crippen MR) is 64.8 cm³/mol. The minimum absolute atomic E-state index is 0.771. The molecule has 4 nitrogen and oxygen atoms in total. The van der Waals surface area contributed by atoms with Crippen molar-refractivity contribution in [1.82, 2.24) is 0 Å². The first kappa shape index (κ1) is 14.2. The zero-order valence-electron chi connectivity index (χ0n) is 9.41. The second-order valence-corrected chi connectivity index (χ2v) is 9.95. The molecule has 1 unspecified atom stereocenters. The predicted octanol–water partition coefficient (Wildman–Crippen LogP) is -0.390. The summed E-state index contributed by atoms with van der Waals surface area (Å²) in [6, 6.07) is 1.77. The van der Waals surface area contributed by atoms with Crippen LogP contribution in [0.5, 0.6) is 0 Å². The molecule has 0 N–H and O–H groups in total. The van der Waals surface area contributed by atoms with E-state index >= 15 is 0 Å². The van der Waals surface area contributed by atoms with E-state index < -0.39 is 17.8 Å². The molecule has 7 heteroatoms.